The third kappa shape index (κ3) is 6.51. The van der Waals surface area contributed by atoms with E-state index in [1.807, 2.05) is 30.3 Å². The van der Waals surface area contributed by atoms with Crippen molar-refractivity contribution in [3.05, 3.63) is 65.7 Å². The number of hydrogen-bond acceptors (Lipinski definition) is 5. The number of carbonyl (C=O) groups is 1. The van der Waals surface area contributed by atoms with Gasteiger partial charge in [0, 0.05) is 26.7 Å². The summed E-state index contributed by atoms with van der Waals surface area (Å²) in [6, 6.07) is 16.1. The second-order valence-electron chi connectivity index (χ2n) is 7.66. The number of aliphatic hydroxyl groups excluding tert-OH is 1. The molecule has 2 aromatic rings. The first-order valence-corrected chi connectivity index (χ1v) is 11.5. The van der Waals surface area contributed by atoms with Crippen LogP contribution in [0.25, 0.3) is 0 Å². The summed E-state index contributed by atoms with van der Waals surface area (Å²) < 4.78 is 26.0. The zero-order valence-corrected chi connectivity index (χ0v) is 19.4. The lowest BCUT2D eigenvalue weighted by molar-refractivity contribution is -0.131. The number of amides is 1. The van der Waals surface area contributed by atoms with Crippen LogP contribution in [0.2, 0.25) is 0 Å². The van der Waals surface area contributed by atoms with E-state index >= 15 is 0 Å². The fourth-order valence-corrected chi connectivity index (χ4v) is 4.46. The Morgan fingerprint density at radius 1 is 1.19 bits per heavy atom. The molecule has 1 aliphatic heterocycles. The molecule has 2 aromatic carbocycles. The molecule has 0 aliphatic carbocycles. The molecular weight excluding hydrogens is 438 g/mol. The van der Waals surface area contributed by atoms with Gasteiger partial charge in [-0.3, -0.25) is 9.69 Å². The van der Waals surface area contributed by atoms with Gasteiger partial charge in [0.1, 0.15) is 0 Å². The number of β-amino-alcohol motifs (C(OH)–C–C–N with tert-alkyl or cyclic N) is 1. The first kappa shape index (κ1) is 25.3. The van der Waals surface area contributed by atoms with Gasteiger partial charge in [-0.15, -0.1) is 12.4 Å². The Morgan fingerprint density at radius 2 is 1.84 bits per heavy atom. The molecule has 31 heavy (non-hydrogen) atoms. The zero-order chi connectivity index (χ0) is 21.7. The number of hydrogen-bond donors (Lipinski definition) is 2. The van der Waals surface area contributed by atoms with Gasteiger partial charge in [0.05, 0.1) is 23.5 Å². The first-order valence-electron chi connectivity index (χ1n) is 10.0. The number of sulfonamides is 1. The number of carbonyl (C=O) groups excluding carboxylic acids is 1. The van der Waals surface area contributed by atoms with Crippen molar-refractivity contribution in [3.63, 3.8) is 0 Å². The summed E-state index contributed by atoms with van der Waals surface area (Å²) in [4.78, 5) is 17.1. The van der Waals surface area contributed by atoms with Gasteiger partial charge >= 0.3 is 0 Å². The number of likely N-dealkylation sites (tertiary alicyclic amines) is 1. The van der Waals surface area contributed by atoms with E-state index in [4.69, 9.17) is 0 Å². The van der Waals surface area contributed by atoms with Gasteiger partial charge < -0.3 is 10.0 Å². The van der Waals surface area contributed by atoms with Crippen LogP contribution in [-0.4, -0.2) is 69.1 Å². The molecule has 1 saturated heterocycles. The number of benzene rings is 2. The second-order valence-corrected chi connectivity index (χ2v) is 9.55. The average molecular weight is 468 g/mol. The third-order valence-electron chi connectivity index (χ3n) is 5.58. The maximum absolute atomic E-state index is 13.0. The number of nitrogens with one attached hydrogen (secondary N) is 1. The molecule has 0 aromatic heterocycles. The fourth-order valence-electron chi connectivity index (χ4n) is 3.73. The fraction of sp³-hybridized carbons (Fsp3) is 0.409. The summed E-state index contributed by atoms with van der Waals surface area (Å²) in [5, 5.41) is 9.85. The molecule has 3 rings (SSSR count). The lowest BCUT2D eigenvalue weighted by Crippen LogP contribution is -2.39. The highest BCUT2D eigenvalue weighted by atomic mass is 35.5. The molecule has 0 bridgehead atoms. The Kier molecular flexibility index (Phi) is 9.02. The van der Waals surface area contributed by atoms with Crippen LogP contribution in [-0.2, 0) is 21.2 Å². The molecule has 9 heteroatoms. The molecule has 0 spiro atoms. The Hall–Kier alpha value is -1.97. The summed E-state index contributed by atoms with van der Waals surface area (Å²) in [5.41, 5.74) is 1.80. The Balaban J connectivity index is 0.00000341. The van der Waals surface area contributed by atoms with Crippen LogP contribution >= 0.6 is 12.4 Å². The van der Waals surface area contributed by atoms with Crippen molar-refractivity contribution < 1.29 is 18.3 Å². The Morgan fingerprint density at radius 3 is 2.39 bits per heavy atom. The van der Waals surface area contributed by atoms with Crippen LogP contribution in [0.1, 0.15) is 23.6 Å². The summed E-state index contributed by atoms with van der Waals surface area (Å²) >= 11 is 0. The van der Waals surface area contributed by atoms with Gasteiger partial charge in [-0.1, -0.05) is 42.5 Å². The van der Waals surface area contributed by atoms with Crippen LogP contribution < -0.4 is 4.72 Å². The molecular formula is C22H30ClN3O4S. The highest BCUT2D eigenvalue weighted by molar-refractivity contribution is 7.89. The third-order valence-corrected chi connectivity index (χ3v) is 7.01. The maximum atomic E-state index is 13.0. The van der Waals surface area contributed by atoms with Crippen LogP contribution in [0.15, 0.2) is 59.5 Å². The molecule has 170 valence electrons. The van der Waals surface area contributed by atoms with Crippen molar-refractivity contribution in [3.8, 4) is 0 Å². The molecule has 2 atom stereocenters. The molecule has 2 unspecified atom stereocenters. The van der Waals surface area contributed by atoms with Gasteiger partial charge in [0.2, 0.25) is 15.9 Å². The molecule has 0 saturated carbocycles. The number of halogens is 1. The number of rotatable bonds is 8. The van der Waals surface area contributed by atoms with Gasteiger partial charge in [-0.05, 0) is 36.7 Å². The maximum Gasteiger partial charge on any atom is 0.240 e. The van der Waals surface area contributed by atoms with E-state index in [9.17, 15) is 18.3 Å². The van der Waals surface area contributed by atoms with E-state index in [2.05, 4.69) is 9.62 Å². The van der Waals surface area contributed by atoms with Crippen LogP contribution in [0.3, 0.4) is 0 Å². The molecule has 0 radical (unpaired) electrons. The van der Waals surface area contributed by atoms with Crippen LogP contribution in [0, 0.1) is 0 Å². The largest absolute Gasteiger partial charge is 0.392 e. The number of nitrogens with zero attached hydrogens (tertiary/aromatic N) is 2. The highest BCUT2D eigenvalue weighted by Gasteiger charge is 2.28. The van der Waals surface area contributed by atoms with Crippen molar-refractivity contribution >= 4 is 28.3 Å². The average Bonchev–Trinajstić information content (AvgIpc) is 3.17. The minimum absolute atomic E-state index is 0. The Bertz CT molecular complexity index is 954. The van der Waals surface area contributed by atoms with E-state index < -0.39 is 10.0 Å². The molecule has 2 N–H and O–H groups in total. The SMILES string of the molecule is CNS(=O)(=O)c1ccc(CC(=O)N(C)C(CN2CCC(O)C2)c2ccccc2)cc1.Cl. The summed E-state index contributed by atoms with van der Waals surface area (Å²) in [5.74, 6) is -0.0483. The molecule has 1 amide bonds. The quantitative estimate of drug-likeness (QED) is 0.618. The highest BCUT2D eigenvalue weighted by Crippen LogP contribution is 2.24. The van der Waals surface area contributed by atoms with Gasteiger partial charge in [-0.25, -0.2) is 13.1 Å². The lowest BCUT2D eigenvalue weighted by atomic mass is 10.0. The Labute approximate surface area is 190 Å². The predicted octanol–water partition coefficient (Wildman–Crippen LogP) is 1.83. The minimum Gasteiger partial charge on any atom is -0.392 e. The normalized spacial score (nSPS) is 17.7. The van der Waals surface area contributed by atoms with E-state index in [1.165, 1.54) is 19.2 Å². The van der Waals surface area contributed by atoms with E-state index in [0.717, 1.165) is 24.1 Å². The second kappa shape index (κ2) is 11.1. The monoisotopic (exact) mass is 467 g/mol. The summed E-state index contributed by atoms with van der Waals surface area (Å²) in [6.45, 7) is 2.09. The lowest BCUT2D eigenvalue weighted by Gasteiger charge is -2.32. The van der Waals surface area contributed by atoms with E-state index in [1.54, 1.807) is 24.1 Å². The van der Waals surface area contributed by atoms with Crippen molar-refractivity contribution in [1.29, 1.82) is 0 Å². The van der Waals surface area contributed by atoms with Crippen LogP contribution in [0.5, 0.6) is 0 Å². The molecule has 7 nitrogen and oxygen atoms in total. The first-order chi connectivity index (χ1) is 14.3. The van der Waals surface area contributed by atoms with E-state index in [0.29, 0.717) is 13.1 Å². The van der Waals surface area contributed by atoms with Gasteiger partial charge in [-0.2, -0.15) is 0 Å². The smallest absolute Gasteiger partial charge is 0.240 e. The van der Waals surface area contributed by atoms with Gasteiger partial charge in [0.15, 0.2) is 0 Å². The summed E-state index contributed by atoms with van der Waals surface area (Å²) in [6.07, 6.45) is 0.624. The number of aliphatic hydroxyl groups is 1. The standard InChI is InChI=1S/C22H29N3O4S.ClH/c1-23-30(28,29)20-10-8-17(9-11-20)14-22(27)24(2)21(18-6-4-3-5-7-18)16-25-13-12-19(26)15-25;/h3-11,19,21,23,26H,12-16H2,1-2H3;1H. The summed E-state index contributed by atoms with van der Waals surface area (Å²) in [7, 11) is -0.335. The van der Waals surface area contributed by atoms with Crippen molar-refractivity contribution in [1.82, 2.24) is 14.5 Å². The van der Waals surface area contributed by atoms with Crippen molar-refractivity contribution in [2.24, 2.45) is 0 Å². The van der Waals surface area contributed by atoms with Gasteiger partial charge in [0.25, 0.3) is 0 Å². The van der Waals surface area contributed by atoms with Crippen LogP contribution in [0.4, 0.5) is 0 Å². The predicted molar refractivity (Wildman–Crippen MR) is 123 cm³/mol. The van der Waals surface area contributed by atoms with Crippen molar-refractivity contribution in [2.75, 3.05) is 33.7 Å². The minimum atomic E-state index is -3.50. The van der Waals surface area contributed by atoms with E-state index in [-0.39, 0.29) is 41.8 Å². The topological polar surface area (TPSA) is 90.0 Å². The van der Waals surface area contributed by atoms with Crippen molar-refractivity contribution in [2.45, 2.75) is 29.9 Å². The molecule has 1 fully saturated rings. The zero-order valence-electron chi connectivity index (χ0n) is 17.8. The molecule has 1 aliphatic rings. The molecule has 1 heterocycles. The number of likely N-dealkylation sites (N-methyl/N-ethyl adjacent to an activating group) is 1.